The van der Waals surface area contributed by atoms with Crippen LogP contribution >= 0.6 is 11.8 Å². The van der Waals surface area contributed by atoms with Gasteiger partial charge in [-0.1, -0.05) is 49.4 Å². The zero-order valence-corrected chi connectivity index (χ0v) is 19.6. The molecule has 0 unspecified atom stereocenters. The fraction of sp³-hybridized carbons (Fsp3) is 0.107. The van der Waals surface area contributed by atoms with Crippen LogP contribution in [0.4, 0.5) is 0 Å². The zero-order chi connectivity index (χ0) is 23.3. The van der Waals surface area contributed by atoms with Crippen molar-refractivity contribution in [2.75, 3.05) is 5.75 Å². The maximum atomic E-state index is 9.96. The number of allylic oxidation sites excluding steroid dienone is 1. The number of nitriles is 1. The summed E-state index contributed by atoms with van der Waals surface area (Å²) in [4.78, 5) is 9.11. The summed E-state index contributed by atoms with van der Waals surface area (Å²) in [5.41, 5.74) is 5.83. The van der Waals surface area contributed by atoms with Gasteiger partial charge in [0.25, 0.3) is 0 Å². The number of H-pyrrole nitrogens is 1. The molecule has 0 amide bonds. The lowest BCUT2D eigenvalue weighted by atomic mass is 10.1. The van der Waals surface area contributed by atoms with Gasteiger partial charge in [0.05, 0.1) is 28.0 Å². The van der Waals surface area contributed by atoms with Crippen molar-refractivity contribution in [1.82, 2.24) is 19.7 Å². The predicted octanol–water partition coefficient (Wildman–Crippen LogP) is 6.98. The van der Waals surface area contributed by atoms with Gasteiger partial charge in [0.15, 0.2) is 0 Å². The van der Waals surface area contributed by atoms with E-state index >= 15 is 0 Å². The number of imidazole rings is 1. The van der Waals surface area contributed by atoms with Crippen molar-refractivity contribution in [3.63, 3.8) is 0 Å². The van der Waals surface area contributed by atoms with Gasteiger partial charge in [0, 0.05) is 22.2 Å². The topological polar surface area (TPSA) is 70.3 Å². The molecule has 5 aromatic rings. The van der Waals surface area contributed by atoms with Crippen molar-refractivity contribution in [3.8, 4) is 23.0 Å². The third-order valence-corrected chi connectivity index (χ3v) is 6.65. The monoisotopic (exact) mass is 461 g/mol. The van der Waals surface area contributed by atoms with E-state index in [-0.39, 0.29) is 0 Å². The second-order valence-corrected chi connectivity index (χ2v) is 9.03. The second-order valence-electron chi connectivity index (χ2n) is 7.86. The molecule has 1 N–H and O–H groups in total. The maximum Gasteiger partial charge on any atom is 0.149 e. The molecule has 2 heterocycles. The lowest BCUT2D eigenvalue weighted by Crippen LogP contribution is -1.94. The van der Waals surface area contributed by atoms with Crippen LogP contribution in [0.1, 0.15) is 24.7 Å². The Morgan fingerprint density at radius 3 is 2.53 bits per heavy atom. The van der Waals surface area contributed by atoms with Gasteiger partial charge in [0.2, 0.25) is 0 Å². The fourth-order valence-electron chi connectivity index (χ4n) is 3.75. The molecule has 0 fully saturated rings. The minimum absolute atomic E-state index is 0.459. The maximum absolute atomic E-state index is 9.96. The van der Waals surface area contributed by atoms with Crippen molar-refractivity contribution in [1.29, 1.82) is 5.26 Å². The molecule has 6 heteroatoms. The second kappa shape index (κ2) is 9.82. The Morgan fingerprint density at radius 2 is 1.79 bits per heavy atom. The standard InChI is InChI=1S/C28H23N5S/c1-2-16-34-24-14-12-20(13-15-24)27-22(19-33(32-27)23-8-4-3-5-9-23)17-21(18-29)28-30-25-10-6-7-11-26(25)31-28/h3-15,17,19H,2,16H2,1H3,(H,30,31)/b21-17-. The summed E-state index contributed by atoms with van der Waals surface area (Å²) in [6, 6.07) is 28.5. The Morgan fingerprint density at radius 1 is 1.03 bits per heavy atom. The molecular weight excluding hydrogens is 438 g/mol. The third kappa shape index (κ3) is 4.52. The van der Waals surface area contributed by atoms with Crippen LogP contribution in [0.25, 0.3) is 39.6 Å². The molecule has 0 atom stereocenters. The lowest BCUT2D eigenvalue weighted by molar-refractivity contribution is 0.884. The first-order valence-corrected chi connectivity index (χ1v) is 12.2. The molecule has 2 aromatic heterocycles. The van der Waals surface area contributed by atoms with E-state index in [1.165, 1.54) is 4.90 Å². The molecule has 0 aliphatic rings. The van der Waals surface area contributed by atoms with E-state index in [0.717, 1.165) is 45.7 Å². The number of hydrogen-bond acceptors (Lipinski definition) is 4. The molecule has 3 aromatic carbocycles. The normalized spacial score (nSPS) is 11.6. The van der Waals surface area contributed by atoms with Gasteiger partial charge in [-0.3, -0.25) is 0 Å². The van der Waals surface area contributed by atoms with Crippen LogP contribution in [0, 0.1) is 11.3 Å². The number of hydrogen-bond donors (Lipinski definition) is 1. The molecule has 5 rings (SSSR count). The average molecular weight is 462 g/mol. The van der Waals surface area contributed by atoms with E-state index in [0.29, 0.717) is 11.4 Å². The van der Waals surface area contributed by atoms with Crippen molar-refractivity contribution in [3.05, 3.63) is 96.4 Å². The van der Waals surface area contributed by atoms with Crippen LogP contribution in [-0.4, -0.2) is 25.5 Å². The summed E-state index contributed by atoms with van der Waals surface area (Å²) < 4.78 is 1.86. The largest absolute Gasteiger partial charge is 0.337 e. The van der Waals surface area contributed by atoms with E-state index < -0.39 is 0 Å². The minimum atomic E-state index is 0.459. The van der Waals surface area contributed by atoms with E-state index in [2.05, 4.69) is 47.2 Å². The van der Waals surface area contributed by atoms with Crippen LogP contribution in [0.3, 0.4) is 0 Å². The van der Waals surface area contributed by atoms with E-state index in [1.54, 1.807) is 0 Å². The summed E-state index contributed by atoms with van der Waals surface area (Å²) in [5, 5.41) is 14.9. The van der Waals surface area contributed by atoms with Crippen molar-refractivity contribution < 1.29 is 0 Å². The first-order valence-electron chi connectivity index (χ1n) is 11.2. The highest BCUT2D eigenvalue weighted by Crippen LogP contribution is 2.30. The zero-order valence-electron chi connectivity index (χ0n) is 18.8. The van der Waals surface area contributed by atoms with E-state index in [4.69, 9.17) is 5.10 Å². The molecule has 5 nitrogen and oxygen atoms in total. The number of fused-ring (bicyclic) bond motifs is 1. The van der Waals surface area contributed by atoms with Crippen LogP contribution in [0.5, 0.6) is 0 Å². The Hall–Kier alpha value is -4.08. The first-order chi connectivity index (χ1) is 16.7. The van der Waals surface area contributed by atoms with Gasteiger partial charge in [-0.2, -0.15) is 10.4 Å². The summed E-state index contributed by atoms with van der Waals surface area (Å²) >= 11 is 1.85. The van der Waals surface area contributed by atoms with Gasteiger partial charge >= 0.3 is 0 Å². The molecule has 0 aliphatic heterocycles. The highest BCUT2D eigenvalue weighted by Gasteiger charge is 2.14. The summed E-state index contributed by atoms with van der Waals surface area (Å²) in [6.07, 6.45) is 4.96. The Labute approximate surface area is 202 Å². The van der Waals surface area contributed by atoms with Crippen molar-refractivity contribution >= 4 is 34.4 Å². The number of aromatic nitrogens is 4. The first kappa shape index (κ1) is 21.7. The lowest BCUT2D eigenvalue weighted by Gasteiger charge is -2.03. The Balaban J connectivity index is 1.59. The van der Waals surface area contributed by atoms with Crippen LogP contribution in [0.2, 0.25) is 0 Å². The number of rotatable bonds is 7. The Kier molecular flexibility index (Phi) is 6.28. The van der Waals surface area contributed by atoms with E-state index in [9.17, 15) is 5.26 Å². The molecule has 34 heavy (non-hydrogen) atoms. The number of nitrogens with one attached hydrogen (secondary N) is 1. The van der Waals surface area contributed by atoms with Gasteiger partial charge < -0.3 is 4.98 Å². The molecule has 0 saturated heterocycles. The summed E-state index contributed by atoms with van der Waals surface area (Å²) in [5.74, 6) is 1.65. The SMILES string of the molecule is CCCSc1ccc(-c2nn(-c3ccccc3)cc2/C=C(/C#N)c2nc3ccccc3[nH]2)cc1. The van der Waals surface area contributed by atoms with Crippen LogP contribution in [-0.2, 0) is 0 Å². The Bertz CT molecular complexity index is 1450. The smallest absolute Gasteiger partial charge is 0.149 e. The van der Waals surface area contributed by atoms with Gasteiger partial charge in [-0.25, -0.2) is 9.67 Å². The minimum Gasteiger partial charge on any atom is -0.337 e. The quantitative estimate of drug-likeness (QED) is 0.210. The van der Waals surface area contributed by atoms with Gasteiger partial charge in [-0.15, -0.1) is 11.8 Å². The number of aromatic amines is 1. The van der Waals surface area contributed by atoms with Crippen molar-refractivity contribution in [2.24, 2.45) is 0 Å². The molecule has 0 spiro atoms. The predicted molar refractivity (Wildman–Crippen MR) is 140 cm³/mol. The number of thioether (sulfide) groups is 1. The van der Waals surface area contributed by atoms with Crippen LogP contribution < -0.4 is 0 Å². The molecular formula is C28H23N5S. The number of para-hydroxylation sites is 3. The average Bonchev–Trinajstić information content (AvgIpc) is 3.51. The molecule has 0 saturated carbocycles. The third-order valence-electron chi connectivity index (χ3n) is 5.43. The molecule has 0 radical (unpaired) electrons. The number of nitrogens with zero attached hydrogens (tertiary/aromatic N) is 4. The van der Waals surface area contributed by atoms with Crippen LogP contribution in [0.15, 0.2) is 90.0 Å². The molecule has 0 bridgehead atoms. The van der Waals surface area contributed by atoms with E-state index in [1.807, 2.05) is 83.3 Å². The highest BCUT2D eigenvalue weighted by molar-refractivity contribution is 7.99. The fourth-order valence-corrected chi connectivity index (χ4v) is 4.52. The van der Waals surface area contributed by atoms with Gasteiger partial charge in [0.1, 0.15) is 11.9 Å². The van der Waals surface area contributed by atoms with Crippen molar-refractivity contribution in [2.45, 2.75) is 18.2 Å². The summed E-state index contributed by atoms with van der Waals surface area (Å²) in [7, 11) is 0. The highest BCUT2D eigenvalue weighted by atomic mass is 32.2. The molecule has 0 aliphatic carbocycles. The number of benzene rings is 3. The molecule has 166 valence electrons. The van der Waals surface area contributed by atoms with Gasteiger partial charge in [-0.05, 0) is 54.6 Å². The summed E-state index contributed by atoms with van der Waals surface area (Å²) in [6.45, 7) is 2.19.